The Balaban J connectivity index is 2.23. The van der Waals surface area contributed by atoms with E-state index in [4.69, 9.17) is 10.3 Å². The van der Waals surface area contributed by atoms with Gasteiger partial charge in [-0.05, 0) is 24.7 Å². The third kappa shape index (κ3) is 2.23. The topological polar surface area (TPSA) is 64.9 Å². The second-order valence-corrected chi connectivity index (χ2v) is 5.46. The minimum absolute atomic E-state index is 0.396. The second-order valence-electron chi connectivity index (χ2n) is 5.46. The second kappa shape index (κ2) is 4.77. The van der Waals surface area contributed by atoms with Crippen LogP contribution >= 0.6 is 0 Å². The van der Waals surface area contributed by atoms with E-state index in [1.807, 2.05) is 0 Å². The molecule has 0 saturated heterocycles. The van der Waals surface area contributed by atoms with E-state index < -0.39 is 5.54 Å². The fourth-order valence-corrected chi connectivity index (χ4v) is 2.78. The molecule has 3 atom stereocenters. The number of rotatable bonds is 3. The quantitative estimate of drug-likeness (QED) is 0.877. The molecule has 0 aromatic carbocycles. The highest BCUT2D eigenvalue weighted by Crippen LogP contribution is 2.41. The van der Waals surface area contributed by atoms with E-state index in [1.54, 1.807) is 0 Å². The van der Waals surface area contributed by atoms with E-state index >= 15 is 0 Å². The van der Waals surface area contributed by atoms with Crippen molar-refractivity contribution in [2.45, 2.75) is 58.4 Å². The summed E-state index contributed by atoms with van der Waals surface area (Å²) in [5, 5.41) is 4.10. The van der Waals surface area contributed by atoms with E-state index in [-0.39, 0.29) is 0 Å². The number of nitrogens with zero attached hydrogens (tertiary/aromatic N) is 2. The number of hydrogen-bond donors (Lipinski definition) is 1. The molecule has 4 nitrogen and oxygen atoms in total. The van der Waals surface area contributed by atoms with Gasteiger partial charge in [0.15, 0.2) is 5.82 Å². The highest BCUT2D eigenvalue weighted by atomic mass is 16.5. The SMILES string of the molecule is CCCc1nc(C2(N)CCCC(C)C2C)no1. The van der Waals surface area contributed by atoms with Gasteiger partial charge in [-0.1, -0.05) is 38.8 Å². The first kappa shape index (κ1) is 12.6. The van der Waals surface area contributed by atoms with Crippen molar-refractivity contribution >= 4 is 0 Å². The molecule has 0 bridgehead atoms. The highest BCUT2D eigenvalue weighted by molar-refractivity contribution is 5.09. The molecule has 0 aliphatic heterocycles. The molecule has 4 heteroatoms. The molecule has 96 valence electrons. The summed E-state index contributed by atoms with van der Waals surface area (Å²) in [7, 11) is 0. The molecule has 3 unspecified atom stereocenters. The van der Waals surface area contributed by atoms with Crippen LogP contribution in [0.3, 0.4) is 0 Å². The van der Waals surface area contributed by atoms with Crippen LogP contribution < -0.4 is 5.73 Å². The van der Waals surface area contributed by atoms with Gasteiger partial charge in [0.05, 0.1) is 5.54 Å². The van der Waals surface area contributed by atoms with E-state index in [0.717, 1.165) is 31.6 Å². The van der Waals surface area contributed by atoms with E-state index in [9.17, 15) is 0 Å². The van der Waals surface area contributed by atoms with Crippen molar-refractivity contribution in [1.29, 1.82) is 0 Å². The summed E-state index contributed by atoms with van der Waals surface area (Å²) in [4.78, 5) is 4.48. The Morgan fingerprint density at radius 1 is 1.47 bits per heavy atom. The van der Waals surface area contributed by atoms with Gasteiger partial charge in [0.2, 0.25) is 5.89 Å². The standard InChI is InChI=1S/C13H23N3O/c1-4-6-11-15-12(16-17-11)13(14)8-5-7-9(2)10(13)3/h9-10H,4-8,14H2,1-3H3. The predicted molar refractivity (Wildman–Crippen MR) is 66.3 cm³/mol. The molecule has 2 N–H and O–H groups in total. The van der Waals surface area contributed by atoms with Gasteiger partial charge in [-0.3, -0.25) is 0 Å². The highest BCUT2D eigenvalue weighted by Gasteiger charge is 2.43. The minimum atomic E-state index is -0.396. The van der Waals surface area contributed by atoms with Gasteiger partial charge in [-0.2, -0.15) is 4.98 Å². The first-order chi connectivity index (χ1) is 8.08. The largest absolute Gasteiger partial charge is 0.339 e. The molecule has 1 heterocycles. The van der Waals surface area contributed by atoms with E-state index in [1.165, 1.54) is 6.42 Å². The molecular formula is C13H23N3O. The molecule has 1 aromatic heterocycles. The van der Waals surface area contributed by atoms with Crippen LogP contribution in [0.25, 0.3) is 0 Å². The van der Waals surface area contributed by atoms with Gasteiger partial charge in [0.25, 0.3) is 0 Å². The van der Waals surface area contributed by atoms with Crippen molar-refractivity contribution in [3.05, 3.63) is 11.7 Å². The lowest BCUT2D eigenvalue weighted by Crippen LogP contribution is -2.48. The minimum Gasteiger partial charge on any atom is -0.339 e. The summed E-state index contributed by atoms with van der Waals surface area (Å²) < 4.78 is 5.27. The lowest BCUT2D eigenvalue weighted by Gasteiger charge is -2.40. The fraction of sp³-hybridized carbons (Fsp3) is 0.846. The zero-order chi connectivity index (χ0) is 12.5. The number of aryl methyl sites for hydroxylation is 1. The van der Waals surface area contributed by atoms with Crippen molar-refractivity contribution in [2.24, 2.45) is 17.6 Å². The van der Waals surface area contributed by atoms with Crippen molar-refractivity contribution in [3.8, 4) is 0 Å². The van der Waals surface area contributed by atoms with Crippen LogP contribution in [0, 0.1) is 11.8 Å². The average molecular weight is 237 g/mol. The zero-order valence-electron chi connectivity index (χ0n) is 11.1. The van der Waals surface area contributed by atoms with Crippen molar-refractivity contribution in [3.63, 3.8) is 0 Å². The fourth-order valence-electron chi connectivity index (χ4n) is 2.78. The van der Waals surface area contributed by atoms with Crippen LogP contribution in [0.5, 0.6) is 0 Å². The third-order valence-electron chi connectivity index (χ3n) is 4.26. The summed E-state index contributed by atoms with van der Waals surface area (Å²) in [5.41, 5.74) is 6.14. The van der Waals surface area contributed by atoms with Crippen molar-refractivity contribution in [1.82, 2.24) is 10.1 Å². The lowest BCUT2D eigenvalue weighted by atomic mass is 9.68. The molecule has 1 aliphatic carbocycles. The average Bonchev–Trinajstić information content (AvgIpc) is 2.75. The van der Waals surface area contributed by atoms with Gasteiger partial charge in [-0.25, -0.2) is 0 Å². The van der Waals surface area contributed by atoms with Gasteiger partial charge in [-0.15, -0.1) is 0 Å². The molecular weight excluding hydrogens is 214 g/mol. The van der Waals surface area contributed by atoms with Gasteiger partial charge >= 0.3 is 0 Å². The molecule has 0 spiro atoms. The molecule has 0 amide bonds. The first-order valence-electron chi connectivity index (χ1n) is 6.70. The molecule has 0 radical (unpaired) electrons. The number of hydrogen-bond acceptors (Lipinski definition) is 4. The first-order valence-corrected chi connectivity index (χ1v) is 6.70. The van der Waals surface area contributed by atoms with Crippen LogP contribution in [-0.2, 0) is 12.0 Å². The summed E-state index contributed by atoms with van der Waals surface area (Å²) in [6, 6.07) is 0. The Kier molecular flexibility index (Phi) is 3.52. The monoisotopic (exact) mass is 237 g/mol. The zero-order valence-corrected chi connectivity index (χ0v) is 11.1. The molecule has 1 fully saturated rings. The number of aromatic nitrogens is 2. The van der Waals surface area contributed by atoms with Gasteiger partial charge in [0, 0.05) is 6.42 Å². The maximum atomic E-state index is 6.54. The summed E-state index contributed by atoms with van der Waals surface area (Å²) in [6.07, 6.45) is 5.22. The maximum absolute atomic E-state index is 6.54. The maximum Gasteiger partial charge on any atom is 0.226 e. The van der Waals surface area contributed by atoms with E-state index in [2.05, 4.69) is 30.9 Å². The molecule has 1 aliphatic rings. The van der Waals surface area contributed by atoms with Gasteiger partial charge < -0.3 is 10.3 Å². The van der Waals surface area contributed by atoms with Crippen LogP contribution in [0.4, 0.5) is 0 Å². The summed E-state index contributed by atoms with van der Waals surface area (Å²) in [6.45, 7) is 6.57. The molecule has 1 aromatic rings. The Hall–Kier alpha value is -0.900. The number of nitrogens with two attached hydrogens (primary N) is 1. The summed E-state index contributed by atoms with van der Waals surface area (Å²) in [5.74, 6) is 2.46. The molecule has 1 saturated carbocycles. The lowest BCUT2D eigenvalue weighted by molar-refractivity contribution is 0.132. The third-order valence-corrected chi connectivity index (χ3v) is 4.26. The Bertz CT molecular complexity index is 376. The van der Waals surface area contributed by atoms with Crippen LogP contribution in [0.1, 0.15) is 58.2 Å². The normalized spacial score (nSPS) is 33.9. The van der Waals surface area contributed by atoms with Crippen molar-refractivity contribution < 1.29 is 4.52 Å². The molecule has 2 rings (SSSR count). The van der Waals surface area contributed by atoms with Crippen LogP contribution in [0.2, 0.25) is 0 Å². The van der Waals surface area contributed by atoms with E-state index in [0.29, 0.717) is 17.7 Å². The smallest absolute Gasteiger partial charge is 0.226 e. The molecule has 17 heavy (non-hydrogen) atoms. The predicted octanol–water partition coefficient (Wildman–Crippen LogP) is 2.63. The summed E-state index contributed by atoms with van der Waals surface area (Å²) >= 11 is 0. The van der Waals surface area contributed by atoms with Crippen LogP contribution in [0.15, 0.2) is 4.52 Å². The van der Waals surface area contributed by atoms with Gasteiger partial charge in [0.1, 0.15) is 0 Å². The Labute approximate surface area is 103 Å². The van der Waals surface area contributed by atoms with Crippen LogP contribution in [-0.4, -0.2) is 10.1 Å². The van der Waals surface area contributed by atoms with Crippen molar-refractivity contribution in [2.75, 3.05) is 0 Å². The Morgan fingerprint density at radius 2 is 2.24 bits per heavy atom. The Morgan fingerprint density at radius 3 is 2.94 bits per heavy atom.